The van der Waals surface area contributed by atoms with Gasteiger partial charge in [-0.2, -0.15) is 0 Å². The maximum Gasteiger partial charge on any atom is 0.255 e. The van der Waals surface area contributed by atoms with E-state index in [2.05, 4.69) is 15.9 Å². The highest BCUT2D eigenvalue weighted by Crippen LogP contribution is 2.25. The minimum atomic E-state index is -0.443. The Morgan fingerprint density at radius 2 is 2.21 bits per heavy atom. The van der Waals surface area contributed by atoms with Crippen molar-refractivity contribution in [1.82, 2.24) is 4.90 Å². The number of likely N-dealkylation sites (tertiary alicyclic amines) is 1. The van der Waals surface area contributed by atoms with Gasteiger partial charge in [-0.05, 0) is 40.9 Å². The summed E-state index contributed by atoms with van der Waals surface area (Å²) in [6.45, 7) is 0.575. The van der Waals surface area contributed by atoms with Crippen molar-refractivity contribution in [2.75, 3.05) is 13.2 Å². The minimum Gasteiger partial charge on any atom is -0.394 e. The second-order valence-electron chi connectivity index (χ2n) is 4.79. The van der Waals surface area contributed by atoms with E-state index in [1.807, 2.05) is 0 Å². The predicted molar refractivity (Wildman–Crippen MR) is 74.5 cm³/mol. The molecule has 1 aromatic carbocycles. The summed E-state index contributed by atoms with van der Waals surface area (Å²) < 4.78 is 13.7. The fourth-order valence-corrected chi connectivity index (χ4v) is 2.89. The van der Waals surface area contributed by atoms with E-state index in [0.717, 1.165) is 25.7 Å². The van der Waals surface area contributed by atoms with Crippen LogP contribution in [-0.4, -0.2) is 35.1 Å². The molecular weight excluding hydrogens is 313 g/mol. The maximum absolute atomic E-state index is 13.5. The third-order valence-corrected chi connectivity index (χ3v) is 4.34. The first-order valence-corrected chi connectivity index (χ1v) is 7.30. The Morgan fingerprint density at radius 1 is 1.42 bits per heavy atom. The van der Waals surface area contributed by atoms with E-state index in [0.29, 0.717) is 12.1 Å². The zero-order chi connectivity index (χ0) is 13.8. The van der Waals surface area contributed by atoms with Crippen molar-refractivity contribution in [2.45, 2.75) is 31.7 Å². The first-order chi connectivity index (χ1) is 9.15. The number of carbonyl (C=O) groups excluding carboxylic acids is 1. The van der Waals surface area contributed by atoms with E-state index in [4.69, 9.17) is 0 Å². The zero-order valence-electron chi connectivity index (χ0n) is 10.6. The molecule has 1 heterocycles. The molecule has 1 unspecified atom stereocenters. The molecule has 0 saturated carbocycles. The molecule has 0 aliphatic carbocycles. The molecule has 1 aliphatic heterocycles. The van der Waals surface area contributed by atoms with Gasteiger partial charge in [0.2, 0.25) is 0 Å². The highest BCUT2D eigenvalue weighted by molar-refractivity contribution is 9.10. The molecule has 0 radical (unpaired) electrons. The van der Waals surface area contributed by atoms with Crippen LogP contribution in [0.25, 0.3) is 0 Å². The molecule has 1 N–H and O–H groups in total. The Kier molecular flexibility index (Phi) is 4.93. The number of nitrogens with zero attached hydrogens (tertiary/aromatic N) is 1. The van der Waals surface area contributed by atoms with Crippen molar-refractivity contribution in [3.63, 3.8) is 0 Å². The van der Waals surface area contributed by atoms with E-state index in [1.54, 1.807) is 11.0 Å². The van der Waals surface area contributed by atoms with Gasteiger partial charge in [0, 0.05) is 6.54 Å². The Balaban J connectivity index is 2.28. The molecule has 1 atom stereocenters. The smallest absolute Gasteiger partial charge is 0.255 e. The lowest BCUT2D eigenvalue weighted by molar-refractivity contribution is 0.0598. The summed E-state index contributed by atoms with van der Waals surface area (Å²) in [6.07, 6.45) is 3.80. The summed E-state index contributed by atoms with van der Waals surface area (Å²) in [6, 6.07) is 4.28. The van der Waals surface area contributed by atoms with Crippen LogP contribution in [0.15, 0.2) is 22.7 Å². The van der Waals surface area contributed by atoms with Gasteiger partial charge >= 0.3 is 0 Å². The highest BCUT2D eigenvalue weighted by atomic mass is 79.9. The molecule has 5 heteroatoms. The van der Waals surface area contributed by atoms with Gasteiger partial charge in [-0.25, -0.2) is 4.39 Å². The summed E-state index contributed by atoms with van der Waals surface area (Å²) in [5, 5.41) is 9.43. The standard InChI is InChI=1S/C14H17BrFNO2/c15-13-11(6-4-7-12(13)16)14(19)17-8-3-1-2-5-10(17)9-18/h4,6-7,10,18H,1-3,5,8-9H2. The predicted octanol–water partition coefficient (Wildman–Crippen LogP) is 2.97. The number of aliphatic hydroxyl groups excluding tert-OH is 1. The summed E-state index contributed by atoms with van der Waals surface area (Å²) in [7, 11) is 0. The number of rotatable bonds is 2. The molecule has 1 aliphatic rings. The summed E-state index contributed by atoms with van der Waals surface area (Å²) in [4.78, 5) is 14.2. The molecule has 0 bridgehead atoms. The molecule has 0 aromatic heterocycles. The highest BCUT2D eigenvalue weighted by Gasteiger charge is 2.27. The van der Waals surface area contributed by atoms with E-state index in [1.165, 1.54) is 12.1 Å². The fourth-order valence-electron chi connectivity index (χ4n) is 2.46. The van der Waals surface area contributed by atoms with Gasteiger partial charge in [0.15, 0.2) is 0 Å². The molecule has 1 fully saturated rings. The van der Waals surface area contributed by atoms with E-state index < -0.39 is 5.82 Å². The van der Waals surface area contributed by atoms with Gasteiger partial charge in [-0.1, -0.05) is 18.9 Å². The van der Waals surface area contributed by atoms with Crippen LogP contribution in [-0.2, 0) is 0 Å². The first kappa shape index (κ1) is 14.5. The normalized spacial score (nSPS) is 20.2. The van der Waals surface area contributed by atoms with Gasteiger partial charge in [0.25, 0.3) is 5.91 Å². The number of halogens is 2. The second-order valence-corrected chi connectivity index (χ2v) is 5.58. The van der Waals surface area contributed by atoms with Crippen LogP contribution >= 0.6 is 15.9 Å². The lowest BCUT2D eigenvalue weighted by Gasteiger charge is -2.29. The van der Waals surface area contributed by atoms with Crippen molar-refractivity contribution < 1.29 is 14.3 Å². The van der Waals surface area contributed by atoms with Crippen molar-refractivity contribution in [2.24, 2.45) is 0 Å². The molecule has 19 heavy (non-hydrogen) atoms. The van der Waals surface area contributed by atoms with Gasteiger partial charge in [-0.3, -0.25) is 4.79 Å². The summed E-state index contributed by atoms with van der Waals surface area (Å²) in [5.41, 5.74) is 0.320. The van der Waals surface area contributed by atoms with Crippen molar-refractivity contribution in [1.29, 1.82) is 0 Å². The number of benzene rings is 1. The lowest BCUT2D eigenvalue weighted by Crippen LogP contribution is -2.42. The van der Waals surface area contributed by atoms with Crippen LogP contribution < -0.4 is 0 Å². The van der Waals surface area contributed by atoms with Gasteiger partial charge in [-0.15, -0.1) is 0 Å². The lowest BCUT2D eigenvalue weighted by atomic mass is 10.1. The Labute approximate surface area is 120 Å². The Hall–Kier alpha value is -0.940. The maximum atomic E-state index is 13.5. The fraction of sp³-hybridized carbons (Fsp3) is 0.500. The van der Waals surface area contributed by atoms with Gasteiger partial charge in [0.05, 0.1) is 22.7 Å². The van der Waals surface area contributed by atoms with Crippen LogP contribution in [0.2, 0.25) is 0 Å². The third-order valence-electron chi connectivity index (χ3n) is 3.53. The van der Waals surface area contributed by atoms with Crippen molar-refractivity contribution in [3.8, 4) is 0 Å². The summed E-state index contributed by atoms with van der Waals surface area (Å²) in [5.74, 6) is -0.659. The summed E-state index contributed by atoms with van der Waals surface area (Å²) >= 11 is 3.12. The van der Waals surface area contributed by atoms with E-state index >= 15 is 0 Å². The molecule has 0 spiro atoms. The van der Waals surface area contributed by atoms with Crippen molar-refractivity contribution in [3.05, 3.63) is 34.1 Å². The number of hydrogen-bond acceptors (Lipinski definition) is 2. The van der Waals surface area contributed by atoms with Crippen LogP contribution in [0.1, 0.15) is 36.0 Å². The molecule has 3 nitrogen and oxygen atoms in total. The van der Waals surface area contributed by atoms with Gasteiger partial charge in [0.1, 0.15) is 5.82 Å². The molecule has 104 valence electrons. The minimum absolute atomic E-state index is 0.0430. The van der Waals surface area contributed by atoms with Crippen LogP contribution in [0.4, 0.5) is 4.39 Å². The number of amides is 1. The molecule has 2 rings (SSSR count). The van der Waals surface area contributed by atoms with Gasteiger partial charge < -0.3 is 10.0 Å². The molecule has 1 amide bonds. The third kappa shape index (κ3) is 3.15. The molecular formula is C14H17BrFNO2. The topological polar surface area (TPSA) is 40.5 Å². The number of hydrogen-bond donors (Lipinski definition) is 1. The number of carbonyl (C=O) groups is 1. The Morgan fingerprint density at radius 3 is 2.95 bits per heavy atom. The largest absolute Gasteiger partial charge is 0.394 e. The zero-order valence-corrected chi connectivity index (χ0v) is 12.2. The van der Waals surface area contributed by atoms with Crippen molar-refractivity contribution >= 4 is 21.8 Å². The second kappa shape index (κ2) is 6.48. The number of aliphatic hydroxyl groups is 1. The first-order valence-electron chi connectivity index (χ1n) is 6.51. The quantitative estimate of drug-likeness (QED) is 0.906. The molecule has 1 aromatic rings. The van der Waals surface area contributed by atoms with Crippen LogP contribution in [0, 0.1) is 5.82 Å². The molecule has 1 saturated heterocycles. The van der Waals surface area contributed by atoms with Crippen LogP contribution in [0.5, 0.6) is 0 Å². The average molecular weight is 330 g/mol. The van der Waals surface area contributed by atoms with E-state index in [-0.39, 0.29) is 23.0 Å². The van der Waals surface area contributed by atoms with E-state index in [9.17, 15) is 14.3 Å². The SMILES string of the molecule is O=C(c1cccc(F)c1Br)N1CCCCCC1CO. The monoisotopic (exact) mass is 329 g/mol. The average Bonchev–Trinajstić information content (AvgIpc) is 2.66. The Bertz CT molecular complexity index is 467. The van der Waals surface area contributed by atoms with Crippen LogP contribution in [0.3, 0.4) is 0 Å².